The highest BCUT2D eigenvalue weighted by atomic mass is 35.5. The Bertz CT molecular complexity index is 681. The molecule has 22 heavy (non-hydrogen) atoms. The minimum atomic E-state index is -0.459. The van der Waals surface area contributed by atoms with E-state index < -0.39 is 5.82 Å². The van der Waals surface area contributed by atoms with E-state index in [4.69, 9.17) is 16.3 Å². The number of hydrogen-bond acceptors (Lipinski definition) is 3. The molecule has 1 fully saturated rings. The van der Waals surface area contributed by atoms with Crippen LogP contribution < -0.4 is 4.74 Å². The molecule has 0 bridgehead atoms. The predicted octanol–water partition coefficient (Wildman–Crippen LogP) is 3.17. The first kappa shape index (κ1) is 14.8. The maximum Gasteiger partial charge on any atom is 0.255 e. The highest BCUT2D eigenvalue weighted by molar-refractivity contribution is 6.33. The van der Waals surface area contributed by atoms with E-state index in [0.29, 0.717) is 24.5 Å². The van der Waals surface area contributed by atoms with Gasteiger partial charge >= 0.3 is 0 Å². The third-order valence-corrected chi connectivity index (χ3v) is 3.83. The van der Waals surface area contributed by atoms with Crippen LogP contribution in [-0.4, -0.2) is 35.0 Å². The molecule has 2 aromatic rings. The van der Waals surface area contributed by atoms with E-state index in [2.05, 4.69) is 4.98 Å². The minimum Gasteiger partial charge on any atom is -0.472 e. The number of ether oxygens (including phenoxy) is 1. The smallest absolute Gasteiger partial charge is 0.255 e. The van der Waals surface area contributed by atoms with Crippen molar-refractivity contribution in [3.8, 4) is 5.88 Å². The summed E-state index contributed by atoms with van der Waals surface area (Å²) in [5.74, 6) is -0.127. The molecule has 6 heteroatoms. The molecular formula is C16H14ClFN2O2. The molecule has 1 atom stereocenters. The Morgan fingerprint density at radius 3 is 2.95 bits per heavy atom. The highest BCUT2D eigenvalue weighted by Gasteiger charge is 2.29. The molecule has 2 heterocycles. The van der Waals surface area contributed by atoms with Crippen molar-refractivity contribution in [1.29, 1.82) is 0 Å². The molecule has 0 N–H and O–H groups in total. The predicted molar refractivity (Wildman–Crippen MR) is 80.6 cm³/mol. The van der Waals surface area contributed by atoms with Gasteiger partial charge in [-0.3, -0.25) is 4.79 Å². The normalized spacial score (nSPS) is 17.5. The zero-order valence-electron chi connectivity index (χ0n) is 11.7. The largest absolute Gasteiger partial charge is 0.472 e. The Kier molecular flexibility index (Phi) is 4.24. The van der Waals surface area contributed by atoms with E-state index in [1.54, 1.807) is 17.2 Å². The third kappa shape index (κ3) is 3.20. The van der Waals surface area contributed by atoms with Gasteiger partial charge in [-0.25, -0.2) is 9.37 Å². The maximum absolute atomic E-state index is 13.1. The topological polar surface area (TPSA) is 42.4 Å². The lowest BCUT2D eigenvalue weighted by Gasteiger charge is -2.17. The molecule has 1 aliphatic heterocycles. The Hall–Kier alpha value is -2.14. The van der Waals surface area contributed by atoms with Crippen LogP contribution in [-0.2, 0) is 0 Å². The molecule has 0 saturated carbocycles. The fourth-order valence-corrected chi connectivity index (χ4v) is 2.68. The number of halogens is 2. The lowest BCUT2D eigenvalue weighted by molar-refractivity contribution is 0.0771. The summed E-state index contributed by atoms with van der Waals surface area (Å²) in [6.45, 7) is 1.03. The molecule has 1 aromatic heterocycles. The van der Waals surface area contributed by atoms with Crippen LogP contribution in [0.1, 0.15) is 16.8 Å². The molecule has 3 rings (SSSR count). The van der Waals surface area contributed by atoms with E-state index in [1.807, 2.05) is 12.1 Å². The number of carbonyl (C=O) groups excluding carboxylic acids is 1. The number of nitrogens with zero attached hydrogens (tertiary/aromatic N) is 2. The summed E-state index contributed by atoms with van der Waals surface area (Å²) in [6, 6.07) is 9.23. The van der Waals surface area contributed by atoms with Crippen LogP contribution >= 0.6 is 11.6 Å². The van der Waals surface area contributed by atoms with Gasteiger partial charge in [0.05, 0.1) is 17.1 Å². The maximum atomic E-state index is 13.1. The average molecular weight is 321 g/mol. The van der Waals surface area contributed by atoms with E-state index in [1.165, 1.54) is 12.1 Å². The molecule has 0 spiro atoms. The number of benzene rings is 1. The van der Waals surface area contributed by atoms with Gasteiger partial charge in [0.1, 0.15) is 11.9 Å². The Balaban J connectivity index is 1.66. The van der Waals surface area contributed by atoms with Crippen molar-refractivity contribution >= 4 is 17.5 Å². The summed E-state index contributed by atoms with van der Waals surface area (Å²) in [7, 11) is 0. The van der Waals surface area contributed by atoms with Crippen molar-refractivity contribution in [2.75, 3.05) is 13.1 Å². The second-order valence-corrected chi connectivity index (χ2v) is 5.48. The van der Waals surface area contributed by atoms with E-state index in [9.17, 15) is 9.18 Å². The van der Waals surface area contributed by atoms with Crippen LogP contribution in [0.15, 0.2) is 42.6 Å². The number of amides is 1. The summed E-state index contributed by atoms with van der Waals surface area (Å²) >= 11 is 5.94. The van der Waals surface area contributed by atoms with Crippen LogP contribution in [0.3, 0.4) is 0 Å². The number of pyridine rings is 1. The molecule has 1 aliphatic rings. The summed E-state index contributed by atoms with van der Waals surface area (Å²) < 4.78 is 18.8. The van der Waals surface area contributed by atoms with Gasteiger partial charge in [-0.15, -0.1) is 0 Å². The van der Waals surface area contributed by atoms with Crippen LogP contribution in [0.5, 0.6) is 5.88 Å². The van der Waals surface area contributed by atoms with Crippen LogP contribution in [0, 0.1) is 5.82 Å². The number of likely N-dealkylation sites (tertiary alicyclic amines) is 1. The van der Waals surface area contributed by atoms with E-state index in [-0.39, 0.29) is 17.0 Å². The minimum absolute atomic E-state index is 0.0990. The standard InChI is InChI=1S/C16H14ClFN2O2/c17-14-9-11(18)4-5-13(14)16(21)20-8-6-12(10-20)22-15-3-1-2-7-19-15/h1-5,7,9,12H,6,8,10H2. The molecule has 114 valence electrons. The molecular weight excluding hydrogens is 307 g/mol. The first-order valence-corrected chi connectivity index (χ1v) is 7.33. The zero-order chi connectivity index (χ0) is 15.5. The number of rotatable bonds is 3. The van der Waals surface area contributed by atoms with E-state index in [0.717, 1.165) is 12.5 Å². The summed E-state index contributed by atoms with van der Waals surface area (Å²) in [5, 5.41) is 0.124. The van der Waals surface area contributed by atoms with Crippen molar-refractivity contribution in [2.24, 2.45) is 0 Å². The molecule has 1 saturated heterocycles. The van der Waals surface area contributed by atoms with Gasteiger partial charge in [0.25, 0.3) is 5.91 Å². The number of hydrogen-bond donors (Lipinski definition) is 0. The van der Waals surface area contributed by atoms with Crippen LogP contribution in [0.25, 0.3) is 0 Å². The van der Waals surface area contributed by atoms with Crippen molar-refractivity contribution in [3.05, 3.63) is 59.0 Å². The molecule has 1 unspecified atom stereocenters. The lowest BCUT2D eigenvalue weighted by Crippen LogP contribution is -2.31. The monoisotopic (exact) mass is 320 g/mol. The Labute approximate surface area is 132 Å². The second kappa shape index (κ2) is 6.32. The summed E-state index contributed by atoms with van der Waals surface area (Å²) in [4.78, 5) is 18.2. The Morgan fingerprint density at radius 2 is 2.23 bits per heavy atom. The zero-order valence-corrected chi connectivity index (χ0v) is 12.5. The van der Waals surface area contributed by atoms with Crippen molar-refractivity contribution in [2.45, 2.75) is 12.5 Å². The molecule has 0 radical (unpaired) electrons. The van der Waals surface area contributed by atoms with Crippen LogP contribution in [0.2, 0.25) is 5.02 Å². The quantitative estimate of drug-likeness (QED) is 0.872. The summed E-state index contributed by atoms with van der Waals surface area (Å²) in [5.41, 5.74) is 0.307. The van der Waals surface area contributed by atoms with Crippen molar-refractivity contribution in [3.63, 3.8) is 0 Å². The van der Waals surface area contributed by atoms with Gasteiger partial charge in [-0.2, -0.15) is 0 Å². The van der Waals surface area contributed by atoms with Gasteiger partial charge in [-0.05, 0) is 24.3 Å². The first-order chi connectivity index (χ1) is 10.6. The fraction of sp³-hybridized carbons (Fsp3) is 0.250. The molecule has 1 aromatic carbocycles. The van der Waals surface area contributed by atoms with Crippen molar-refractivity contribution in [1.82, 2.24) is 9.88 Å². The van der Waals surface area contributed by atoms with Gasteiger partial charge in [0.15, 0.2) is 0 Å². The highest BCUT2D eigenvalue weighted by Crippen LogP contribution is 2.22. The van der Waals surface area contributed by atoms with Crippen molar-refractivity contribution < 1.29 is 13.9 Å². The molecule has 0 aliphatic carbocycles. The third-order valence-electron chi connectivity index (χ3n) is 3.52. The van der Waals surface area contributed by atoms with Gasteiger partial charge in [0.2, 0.25) is 5.88 Å². The Morgan fingerprint density at radius 1 is 1.36 bits per heavy atom. The van der Waals surface area contributed by atoms with Gasteiger partial charge in [-0.1, -0.05) is 17.7 Å². The lowest BCUT2D eigenvalue weighted by atomic mass is 10.2. The summed E-state index contributed by atoms with van der Waals surface area (Å²) in [6.07, 6.45) is 2.28. The van der Waals surface area contributed by atoms with Gasteiger partial charge in [0, 0.05) is 25.2 Å². The van der Waals surface area contributed by atoms with E-state index >= 15 is 0 Å². The second-order valence-electron chi connectivity index (χ2n) is 5.07. The SMILES string of the molecule is O=C(c1ccc(F)cc1Cl)N1CCC(Oc2ccccn2)C1. The fourth-order valence-electron chi connectivity index (χ4n) is 2.43. The molecule has 1 amide bonds. The number of carbonyl (C=O) groups is 1. The first-order valence-electron chi connectivity index (χ1n) is 6.95. The average Bonchev–Trinajstić information content (AvgIpc) is 2.96. The molecule has 4 nitrogen and oxygen atoms in total. The number of aromatic nitrogens is 1. The van der Waals surface area contributed by atoms with Gasteiger partial charge < -0.3 is 9.64 Å². The van der Waals surface area contributed by atoms with Crippen LogP contribution in [0.4, 0.5) is 4.39 Å².